The van der Waals surface area contributed by atoms with Crippen molar-refractivity contribution in [3.8, 4) is 17.3 Å². The van der Waals surface area contributed by atoms with Crippen molar-refractivity contribution >= 4 is 11.8 Å². The lowest BCUT2D eigenvalue weighted by atomic mass is 10.1. The van der Waals surface area contributed by atoms with E-state index in [2.05, 4.69) is 20.6 Å². The minimum absolute atomic E-state index is 0.0273. The molecule has 1 aliphatic rings. The highest BCUT2D eigenvalue weighted by Gasteiger charge is 2.33. The van der Waals surface area contributed by atoms with Crippen molar-refractivity contribution in [3.05, 3.63) is 42.6 Å². The monoisotopic (exact) mass is 368 g/mol. The molecule has 4 rings (SSSR count). The lowest BCUT2D eigenvalue weighted by Gasteiger charge is -2.14. The molecule has 3 aromatic rings. The number of nitrogens with zero attached hydrogens (tertiary/aromatic N) is 8. The highest BCUT2D eigenvalue weighted by Crippen LogP contribution is 2.28. The lowest BCUT2D eigenvalue weighted by Crippen LogP contribution is -2.26. The van der Waals surface area contributed by atoms with Crippen LogP contribution in [0.4, 0.5) is 14.9 Å². The number of amides is 1. The summed E-state index contributed by atoms with van der Waals surface area (Å²) >= 11 is 0. The summed E-state index contributed by atoms with van der Waals surface area (Å²) in [5.74, 6) is -0.552. The molecule has 0 bridgehead atoms. The van der Waals surface area contributed by atoms with E-state index in [1.807, 2.05) is 6.07 Å². The number of nitriles is 1. The summed E-state index contributed by atoms with van der Waals surface area (Å²) in [6.45, 7) is 0.667. The van der Waals surface area contributed by atoms with E-state index in [0.717, 1.165) is 0 Å². The predicted molar refractivity (Wildman–Crippen MR) is 88.7 cm³/mol. The van der Waals surface area contributed by atoms with Crippen molar-refractivity contribution < 1.29 is 13.9 Å². The number of ether oxygens (including phenoxy) is 1. The molecule has 1 amide bonds. The molecule has 10 nitrogen and oxygen atoms in total. The smallest absolute Gasteiger partial charge is 0.414 e. The van der Waals surface area contributed by atoms with Gasteiger partial charge in [0.25, 0.3) is 0 Å². The van der Waals surface area contributed by atoms with Crippen molar-refractivity contribution in [2.75, 3.05) is 11.4 Å². The lowest BCUT2D eigenvalue weighted by molar-refractivity contribution is 0.129. The zero-order valence-electron chi connectivity index (χ0n) is 13.9. The van der Waals surface area contributed by atoms with Crippen molar-refractivity contribution in [2.24, 2.45) is 0 Å². The van der Waals surface area contributed by atoms with Crippen molar-refractivity contribution in [2.45, 2.75) is 19.2 Å². The average molecular weight is 368 g/mol. The van der Waals surface area contributed by atoms with Crippen LogP contribution in [0, 0.1) is 17.1 Å². The number of aromatic nitrogens is 6. The van der Waals surface area contributed by atoms with E-state index >= 15 is 0 Å². The molecule has 0 aliphatic carbocycles. The van der Waals surface area contributed by atoms with Crippen LogP contribution in [0.15, 0.2) is 36.8 Å². The SMILES string of the molecule is N#CCn1cc(-c2ccc(N3CC(Cn4ccnn4)OC3=O)cc2F)nn1. The van der Waals surface area contributed by atoms with E-state index in [1.165, 1.54) is 34.1 Å². The van der Waals surface area contributed by atoms with Gasteiger partial charge in [-0.3, -0.25) is 4.90 Å². The van der Waals surface area contributed by atoms with Gasteiger partial charge in [-0.25, -0.2) is 18.5 Å². The van der Waals surface area contributed by atoms with Crippen LogP contribution in [-0.2, 0) is 17.8 Å². The highest BCUT2D eigenvalue weighted by molar-refractivity contribution is 5.90. The zero-order valence-corrected chi connectivity index (χ0v) is 13.9. The molecule has 1 saturated heterocycles. The Labute approximate surface area is 152 Å². The third-order valence-electron chi connectivity index (χ3n) is 4.05. The number of hydrogen-bond donors (Lipinski definition) is 0. The van der Waals surface area contributed by atoms with Gasteiger partial charge in [0.2, 0.25) is 0 Å². The first-order valence-corrected chi connectivity index (χ1v) is 8.03. The van der Waals surface area contributed by atoms with Gasteiger partial charge in [0.1, 0.15) is 24.2 Å². The normalized spacial score (nSPS) is 16.4. The Balaban J connectivity index is 1.51. The van der Waals surface area contributed by atoms with E-state index in [-0.39, 0.29) is 18.7 Å². The summed E-state index contributed by atoms with van der Waals surface area (Å²) in [5.41, 5.74) is 0.920. The van der Waals surface area contributed by atoms with E-state index in [1.54, 1.807) is 16.9 Å². The van der Waals surface area contributed by atoms with Crippen LogP contribution in [0.2, 0.25) is 0 Å². The zero-order chi connectivity index (χ0) is 18.8. The number of carbonyl (C=O) groups is 1. The molecule has 1 aliphatic heterocycles. The van der Waals surface area contributed by atoms with Gasteiger partial charge in [-0.15, -0.1) is 10.2 Å². The Kier molecular flexibility index (Phi) is 4.21. The molecule has 0 radical (unpaired) electrons. The van der Waals surface area contributed by atoms with Gasteiger partial charge in [0.15, 0.2) is 0 Å². The van der Waals surface area contributed by atoms with Gasteiger partial charge in [0, 0.05) is 11.8 Å². The molecule has 11 heteroatoms. The number of rotatable bonds is 5. The maximum absolute atomic E-state index is 14.6. The summed E-state index contributed by atoms with van der Waals surface area (Å²) in [7, 11) is 0. The molecule has 0 saturated carbocycles. The first kappa shape index (κ1) is 16.6. The van der Waals surface area contributed by atoms with Gasteiger partial charge >= 0.3 is 6.09 Å². The number of halogens is 1. The topological polar surface area (TPSA) is 115 Å². The van der Waals surface area contributed by atoms with Gasteiger partial charge < -0.3 is 4.74 Å². The highest BCUT2D eigenvalue weighted by atomic mass is 19.1. The Hall–Kier alpha value is -3.81. The molecule has 1 aromatic carbocycles. The fourth-order valence-corrected chi connectivity index (χ4v) is 2.82. The molecular weight excluding hydrogens is 355 g/mol. The van der Waals surface area contributed by atoms with Crippen LogP contribution in [0.25, 0.3) is 11.3 Å². The van der Waals surface area contributed by atoms with Crippen molar-refractivity contribution in [3.63, 3.8) is 0 Å². The van der Waals surface area contributed by atoms with Crippen LogP contribution in [0.5, 0.6) is 0 Å². The fraction of sp³-hybridized carbons (Fsp3) is 0.250. The van der Waals surface area contributed by atoms with Gasteiger partial charge in [0.05, 0.1) is 37.2 Å². The number of benzene rings is 1. The molecular formula is C16H13FN8O2. The molecule has 2 aromatic heterocycles. The summed E-state index contributed by atoms with van der Waals surface area (Å²) in [6.07, 6.45) is 3.74. The Morgan fingerprint density at radius 2 is 2.22 bits per heavy atom. The summed E-state index contributed by atoms with van der Waals surface area (Å²) in [5, 5.41) is 23.8. The number of carbonyl (C=O) groups excluding carboxylic acids is 1. The maximum Gasteiger partial charge on any atom is 0.414 e. The second-order valence-electron chi connectivity index (χ2n) is 5.87. The van der Waals surface area contributed by atoms with E-state index in [0.29, 0.717) is 17.9 Å². The second-order valence-corrected chi connectivity index (χ2v) is 5.87. The van der Waals surface area contributed by atoms with Gasteiger partial charge in [-0.1, -0.05) is 10.4 Å². The second kappa shape index (κ2) is 6.83. The number of anilines is 1. The first-order chi connectivity index (χ1) is 13.1. The first-order valence-electron chi connectivity index (χ1n) is 8.03. The minimum atomic E-state index is -0.552. The number of cyclic esters (lactones) is 1. The molecule has 27 heavy (non-hydrogen) atoms. The van der Waals surface area contributed by atoms with Crippen LogP contribution < -0.4 is 4.90 Å². The molecule has 1 fully saturated rings. The molecule has 1 atom stereocenters. The van der Waals surface area contributed by atoms with E-state index in [4.69, 9.17) is 10.00 Å². The standard InChI is InChI=1S/C16H13FN8O2/c17-14-7-11(1-2-13(14)15-10-23(5-3-18)22-20-15)25-9-12(27-16(25)26)8-24-6-4-19-21-24/h1-2,4,6-7,10,12H,5,8-9H2. The molecule has 0 spiro atoms. The van der Waals surface area contributed by atoms with Gasteiger partial charge in [-0.2, -0.15) is 5.26 Å². The largest absolute Gasteiger partial charge is 0.442 e. The number of hydrogen-bond acceptors (Lipinski definition) is 7. The third kappa shape index (κ3) is 3.32. The fourth-order valence-electron chi connectivity index (χ4n) is 2.82. The third-order valence-corrected chi connectivity index (χ3v) is 4.05. The Morgan fingerprint density at radius 3 is 2.96 bits per heavy atom. The van der Waals surface area contributed by atoms with E-state index < -0.39 is 18.0 Å². The van der Waals surface area contributed by atoms with Crippen molar-refractivity contribution in [1.29, 1.82) is 5.26 Å². The molecule has 1 unspecified atom stereocenters. The summed E-state index contributed by atoms with van der Waals surface area (Å²) < 4.78 is 22.8. The van der Waals surface area contributed by atoms with Crippen LogP contribution in [-0.4, -0.2) is 48.7 Å². The summed E-state index contributed by atoms with van der Waals surface area (Å²) in [4.78, 5) is 13.5. The molecule has 0 N–H and O–H groups in total. The Morgan fingerprint density at radius 1 is 1.33 bits per heavy atom. The predicted octanol–water partition coefficient (Wildman–Crippen LogP) is 1.22. The minimum Gasteiger partial charge on any atom is -0.442 e. The van der Waals surface area contributed by atoms with Crippen LogP contribution in [0.3, 0.4) is 0 Å². The quantitative estimate of drug-likeness (QED) is 0.665. The molecule has 136 valence electrons. The van der Waals surface area contributed by atoms with E-state index in [9.17, 15) is 9.18 Å². The average Bonchev–Trinajstić information content (AvgIpc) is 3.38. The van der Waals surface area contributed by atoms with Crippen LogP contribution >= 0.6 is 0 Å². The van der Waals surface area contributed by atoms with Gasteiger partial charge in [-0.05, 0) is 18.2 Å². The summed E-state index contributed by atoms with van der Waals surface area (Å²) in [6, 6.07) is 6.31. The maximum atomic E-state index is 14.6. The molecule has 3 heterocycles. The van der Waals surface area contributed by atoms with Crippen LogP contribution in [0.1, 0.15) is 0 Å². The van der Waals surface area contributed by atoms with Crippen molar-refractivity contribution in [1.82, 2.24) is 30.0 Å². The Bertz CT molecular complexity index is 1010.